The highest BCUT2D eigenvalue weighted by molar-refractivity contribution is 6.00. The fourth-order valence-corrected chi connectivity index (χ4v) is 11.6. The number of rotatable bonds is 3. The highest BCUT2D eigenvalue weighted by atomic mass is 19.4. The average Bonchev–Trinajstić information content (AvgIpc) is 3.11. The summed E-state index contributed by atoms with van der Waals surface area (Å²) in [6.45, 7) is 19.7. The van der Waals surface area contributed by atoms with Gasteiger partial charge in [-0.1, -0.05) is 61.0 Å². The summed E-state index contributed by atoms with van der Waals surface area (Å²) in [5, 5.41) is 5.06. The van der Waals surface area contributed by atoms with Crippen LogP contribution in [0.4, 0.5) is 18.0 Å². The molecule has 41 heavy (non-hydrogen) atoms. The normalized spacial score (nSPS) is 44.5. The molecule has 0 aromatic carbocycles. The fraction of sp³-hybridized carbons (Fsp3) is 0.882. The second-order valence-corrected chi connectivity index (χ2v) is 16.6. The smallest absolute Gasteiger partial charge is 0.335 e. The first-order valence-electron chi connectivity index (χ1n) is 16.1. The molecule has 4 nitrogen and oxygen atoms in total. The van der Waals surface area contributed by atoms with E-state index in [1.165, 1.54) is 5.57 Å². The zero-order valence-corrected chi connectivity index (χ0v) is 26.8. The van der Waals surface area contributed by atoms with Gasteiger partial charge in [-0.2, -0.15) is 13.2 Å². The van der Waals surface area contributed by atoms with Gasteiger partial charge in [-0.05, 0) is 115 Å². The molecule has 0 aromatic heterocycles. The Kier molecular flexibility index (Phi) is 7.15. The van der Waals surface area contributed by atoms with Crippen molar-refractivity contribution in [1.29, 1.82) is 0 Å². The predicted molar refractivity (Wildman–Crippen MR) is 156 cm³/mol. The highest BCUT2D eigenvalue weighted by Crippen LogP contribution is 2.76. The molecule has 5 aliphatic rings. The molecule has 4 fully saturated rings. The van der Waals surface area contributed by atoms with Gasteiger partial charge in [0.2, 0.25) is 0 Å². The van der Waals surface area contributed by atoms with E-state index >= 15 is 0 Å². The minimum Gasteiger partial charge on any atom is -0.335 e. The number of fused-ring (bicyclic) bond motifs is 7. The molecule has 2 N–H and O–H groups in total. The maximum Gasteiger partial charge on any atom is 0.408 e. The van der Waals surface area contributed by atoms with Crippen LogP contribution in [-0.4, -0.2) is 30.1 Å². The van der Waals surface area contributed by atoms with Crippen molar-refractivity contribution in [3.05, 3.63) is 11.1 Å². The molecule has 2 amide bonds. The number of allylic oxidation sites excluding steroid dienone is 2. The number of Topliss-reactive ketones (excluding diaryl/α,β-unsaturated/α-hetero) is 1. The summed E-state index contributed by atoms with van der Waals surface area (Å²) in [6.07, 6.45) is 4.67. The number of alkyl halides is 3. The van der Waals surface area contributed by atoms with Crippen molar-refractivity contribution in [2.75, 3.05) is 0 Å². The maximum atomic E-state index is 13.3. The van der Waals surface area contributed by atoms with Crippen LogP contribution in [0.25, 0.3) is 0 Å². The van der Waals surface area contributed by atoms with Crippen molar-refractivity contribution in [3.63, 3.8) is 0 Å². The molecule has 0 radical (unpaired) electrons. The first-order valence-corrected chi connectivity index (χ1v) is 16.1. The van der Waals surface area contributed by atoms with E-state index in [4.69, 9.17) is 0 Å². The molecule has 0 saturated heterocycles. The summed E-state index contributed by atoms with van der Waals surface area (Å²) in [5.74, 6) is 2.02. The Morgan fingerprint density at radius 1 is 0.854 bits per heavy atom. The van der Waals surface area contributed by atoms with Gasteiger partial charge in [0.15, 0.2) is 5.78 Å². The van der Waals surface area contributed by atoms with E-state index < -0.39 is 18.2 Å². The van der Waals surface area contributed by atoms with Crippen LogP contribution >= 0.6 is 0 Å². The molecule has 9 atom stereocenters. The lowest BCUT2D eigenvalue weighted by Crippen LogP contribution is -2.67. The van der Waals surface area contributed by atoms with Crippen LogP contribution in [0.15, 0.2) is 11.1 Å². The van der Waals surface area contributed by atoms with Gasteiger partial charge in [0.05, 0.1) is 0 Å². The molecule has 5 rings (SSSR count). The Labute approximate surface area is 245 Å². The predicted octanol–water partition coefficient (Wildman–Crippen LogP) is 8.61. The van der Waals surface area contributed by atoms with Gasteiger partial charge in [0.1, 0.15) is 6.04 Å². The van der Waals surface area contributed by atoms with Gasteiger partial charge in [0.25, 0.3) is 0 Å². The van der Waals surface area contributed by atoms with Crippen LogP contribution in [0.3, 0.4) is 0 Å². The van der Waals surface area contributed by atoms with E-state index in [0.29, 0.717) is 30.0 Å². The molecule has 5 aliphatic carbocycles. The second-order valence-electron chi connectivity index (χ2n) is 16.6. The minimum atomic E-state index is -4.46. The van der Waals surface area contributed by atoms with Crippen LogP contribution in [0, 0.1) is 50.7 Å². The Morgan fingerprint density at radius 3 is 2.12 bits per heavy atom. The third kappa shape index (κ3) is 4.35. The Bertz CT molecular complexity index is 1140. The van der Waals surface area contributed by atoms with Gasteiger partial charge in [-0.3, -0.25) is 4.79 Å². The van der Waals surface area contributed by atoms with Crippen LogP contribution in [-0.2, 0) is 4.79 Å². The van der Waals surface area contributed by atoms with Crippen LogP contribution in [0.2, 0.25) is 0 Å². The van der Waals surface area contributed by atoms with Crippen molar-refractivity contribution in [1.82, 2.24) is 10.6 Å². The molecule has 7 heteroatoms. The van der Waals surface area contributed by atoms with Crippen molar-refractivity contribution in [3.8, 4) is 0 Å². The summed E-state index contributed by atoms with van der Waals surface area (Å²) in [6, 6.07) is -2.78. The number of carbonyl (C=O) groups is 2. The van der Waals surface area contributed by atoms with Gasteiger partial charge >= 0.3 is 12.2 Å². The number of hydrogen-bond donors (Lipinski definition) is 2. The van der Waals surface area contributed by atoms with Crippen LogP contribution < -0.4 is 10.6 Å². The van der Waals surface area contributed by atoms with Crippen molar-refractivity contribution < 1.29 is 22.8 Å². The number of ketones is 1. The molecular weight excluding hydrogens is 525 g/mol. The molecule has 0 spiro atoms. The van der Waals surface area contributed by atoms with E-state index in [-0.39, 0.29) is 39.0 Å². The molecule has 0 aromatic rings. The zero-order valence-electron chi connectivity index (χ0n) is 26.8. The lowest BCUT2D eigenvalue weighted by atomic mass is 9.33. The number of nitrogens with one attached hydrogen (secondary N) is 2. The Balaban J connectivity index is 1.42. The standard InChI is InChI=1S/C34H53F3N2O2/c1-19(2)26-22(40)18-30(6)16-17-32(8)21(27(26)30)10-11-24-31(7)14-13-25(39-28(41)38-20(3)34(35,36)37)29(4,5)23(31)12-15-33(24,32)9/h19-21,23-25H,10-18H2,1-9H3,(H2,38,39,41)/t20-,21+,23-,24+,25?,30-,31-,32+,33+/m0/s1. The van der Waals surface area contributed by atoms with E-state index in [9.17, 15) is 22.8 Å². The van der Waals surface area contributed by atoms with E-state index in [1.807, 2.05) is 0 Å². The van der Waals surface area contributed by atoms with E-state index in [2.05, 4.69) is 66.0 Å². The third-order valence-corrected chi connectivity index (χ3v) is 14.0. The number of amides is 2. The first-order chi connectivity index (χ1) is 18.7. The average molecular weight is 579 g/mol. The van der Waals surface area contributed by atoms with Crippen LogP contribution in [0.5, 0.6) is 0 Å². The van der Waals surface area contributed by atoms with Crippen LogP contribution in [0.1, 0.15) is 120 Å². The SMILES string of the molecule is CC(C)C1=C2[C@H]3CC[C@@H]4[C@@]5(C)CCC(NC(=O)N[C@@H](C)C(F)(F)F)C(C)(C)[C@@H]5CC[C@@]4(C)[C@]3(C)CC[C@@]2(C)CC1=O. The molecule has 1 unspecified atom stereocenters. The summed E-state index contributed by atoms with van der Waals surface area (Å²) in [5.41, 5.74) is 2.80. The largest absolute Gasteiger partial charge is 0.408 e. The lowest BCUT2D eigenvalue weighted by Gasteiger charge is -2.72. The van der Waals surface area contributed by atoms with Crippen molar-refractivity contribution >= 4 is 11.8 Å². The molecule has 232 valence electrons. The zero-order chi connectivity index (χ0) is 30.6. The monoisotopic (exact) mass is 578 g/mol. The van der Waals surface area contributed by atoms with E-state index in [1.54, 1.807) is 0 Å². The second kappa shape index (κ2) is 9.48. The Morgan fingerprint density at radius 2 is 1.51 bits per heavy atom. The number of urea groups is 1. The van der Waals surface area contributed by atoms with E-state index in [0.717, 1.165) is 63.9 Å². The summed E-state index contributed by atoms with van der Waals surface area (Å²) in [7, 11) is 0. The van der Waals surface area contributed by atoms with Crippen molar-refractivity contribution in [2.45, 2.75) is 138 Å². The fourth-order valence-electron chi connectivity index (χ4n) is 11.6. The Hall–Kier alpha value is -1.53. The number of hydrogen-bond acceptors (Lipinski definition) is 2. The van der Waals surface area contributed by atoms with Gasteiger partial charge in [-0.25, -0.2) is 4.79 Å². The first kappa shape index (κ1) is 30.9. The molecule has 0 aliphatic heterocycles. The summed E-state index contributed by atoms with van der Waals surface area (Å²) >= 11 is 0. The third-order valence-electron chi connectivity index (χ3n) is 14.0. The molecule has 0 heterocycles. The number of carbonyl (C=O) groups excluding carboxylic acids is 2. The van der Waals surface area contributed by atoms with Gasteiger partial charge in [0, 0.05) is 12.5 Å². The van der Waals surface area contributed by atoms with Gasteiger partial charge in [-0.15, -0.1) is 0 Å². The van der Waals surface area contributed by atoms with Gasteiger partial charge < -0.3 is 10.6 Å². The minimum absolute atomic E-state index is 0.0149. The quantitative estimate of drug-likeness (QED) is 0.352. The molecular formula is C34H53F3N2O2. The summed E-state index contributed by atoms with van der Waals surface area (Å²) in [4.78, 5) is 25.9. The molecule has 0 bridgehead atoms. The topological polar surface area (TPSA) is 58.2 Å². The molecule has 4 saturated carbocycles. The van der Waals surface area contributed by atoms with Crippen molar-refractivity contribution in [2.24, 2.45) is 50.7 Å². The highest BCUT2D eigenvalue weighted by Gasteiger charge is 2.69. The maximum absolute atomic E-state index is 13.3. The number of halogens is 3. The lowest BCUT2D eigenvalue weighted by molar-refractivity contribution is -0.215. The summed E-state index contributed by atoms with van der Waals surface area (Å²) < 4.78 is 39.2.